The number of carbonyl (C=O) groups excluding carboxylic acids is 1. The number of esters is 1. The molecule has 1 aromatic heterocycles. The zero-order valence-electron chi connectivity index (χ0n) is 17.9. The molecule has 1 heterocycles. The van der Waals surface area contributed by atoms with Crippen molar-refractivity contribution in [2.75, 3.05) is 14.2 Å². The van der Waals surface area contributed by atoms with E-state index in [2.05, 4.69) is 15.9 Å². The lowest BCUT2D eigenvalue weighted by Crippen LogP contribution is -2.16. The Morgan fingerprint density at radius 1 is 1.00 bits per heavy atom. The van der Waals surface area contributed by atoms with Crippen LogP contribution < -0.4 is 19.6 Å². The molecule has 0 radical (unpaired) electrons. The van der Waals surface area contributed by atoms with Crippen molar-refractivity contribution < 1.29 is 28.3 Å². The summed E-state index contributed by atoms with van der Waals surface area (Å²) < 4.78 is 22.7. The summed E-state index contributed by atoms with van der Waals surface area (Å²) in [5.41, 5.74) is -0.315. The van der Waals surface area contributed by atoms with E-state index < -0.39 is 16.3 Å². The molecule has 0 atom stereocenters. The average molecular weight is 526 g/mol. The van der Waals surface area contributed by atoms with Crippen molar-refractivity contribution in [2.24, 2.45) is 0 Å². The number of carbonyl (C=O) groups is 1. The van der Waals surface area contributed by atoms with Crippen molar-refractivity contribution in [3.05, 3.63) is 91.0 Å². The van der Waals surface area contributed by atoms with Gasteiger partial charge in [-0.1, -0.05) is 18.2 Å². The van der Waals surface area contributed by atoms with Crippen LogP contribution in [-0.2, 0) is 0 Å². The highest BCUT2D eigenvalue weighted by Crippen LogP contribution is 2.41. The molecule has 4 aromatic rings. The maximum absolute atomic E-state index is 13.3. The second-order valence-corrected chi connectivity index (χ2v) is 7.83. The van der Waals surface area contributed by atoms with Crippen LogP contribution in [0.25, 0.3) is 22.3 Å². The first-order chi connectivity index (χ1) is 16.3. The molecule has 3 aromatic carbocycles. The SMILES string of the molecule is COc1cc(-c2oc3ccccc3c(=O)c2OC(=O)c2cccc([N+](=O)[O-])c2)cc(Br)c1OC. The number of nitro groups is 1. The normalized spacial score (nSPS) is 10.7. The van der Waals surface area contributed by atoms with Crippen LogP contribution in [0.1, 0.15) is 10.4 Å². The summed E-state index contributed by atoms with van der Waals surface area (Å²) in [4.78, 5) is 36.6. The fraction of sp³-hybridized carbons (Fsp3) is 0.0833. The van der Waals surface area contributed by atoms with Crippen LogP contribution in [0.5, 0.6) is 17.2 Å². The number of rotatable bonds is 6. The van der Waals surface area contributed by atoms with Crippen LogP contribution in [0, 0.1) is 10.1 Å². The average Bonchev–Trinajstić information content (AvgIpc) is 2.85. The molecular weight excluding hydrogens is 510 g/mol. The minimum Gasteiger partial charge on any atom is -0.493 e. The van der Waals surface area contributed by atoms with Crippen molar-refractivity contribution in [1.82, 2.24) is 0 Å². The summed E-state index contributed by atoms with van der Waals surface area (Å²) in [6.07, 6.45) is 0. The van der Waals surface area contributed by atoms with E-state index in [1.165, 1.54) is 32.4 Å². The number of non-ortho nitro benzene ring substituents is 1. The van der Waals surface area contributed by atoms with E-state index in [-0.39, 0.29) is 33.7 Å². The van der Waals surface area contributed by atoms with Gasteiger partial charge in [0.25, 0.3) is 5.69 Å². The Kier molecular flexibility index (Phi) is 6.33. The van der Waals surface area contributed by atoms with Crippen LogP contribution in [0.15, 0.2) is 74.3 Å². The molecule has 0 fully saturated rings. The van der Waals surface area contributed by atoms with Crippen LogP contribution in [0.4, 0.5) is 5.69 Å². The quantitative estimate of drug-likeness (QED) is 0.187. The second kappa shape index (κ2) is 9.36. The highest BCUT2D eigenvalue weighted by atomic mass is 79.9. The molecule has 34 heavy (non-hydrogen) atoms. The number of nitro benzene ring substituents is 1. The molecule has 0 saturated heterocycles. The van der Waals surface area contributed by atoms with Crippen LogP contribution in [0.2, 0.25) is 0 Å². The van der Waals surface area contributed by atoms with E-state index in [1.807, 2.05) is 0 Å². The number of halogens is 1. The van der Waals surface area contributed by atoms with Crippen molar-refractivity contribution in [1.29, 1.82) is 0 Å². The largest absolute Gasteiger partial charge is 0.493 e. The molecule has 10 heteroatoms. The summed E-state index contributed by atoms with van der Waals surface area (Å²) in [7, 11) is 2.93. The molecule has 172 valence electrons. The van der Waals surface area contributed by atoms with Crippen molar-refractivity contribution in [3.8, 4) is 28.6 Å². The Balaban J connectivity index is 1.91. The van der Waals surface area contributed by atoms with Gasteiger partial charge in [-0.25, -0.2) is 4.79 Å². The number of ether oxygens (including phenoxy) is 3. The van der Waals surface area contributed by atoms with Gasteiger partial charge in [-0.2, -0.15) is 0 Å². The van der Waals surface area contributed by atoms with Crippen molar-refractivity contribution in [2.45, 2.75) is 0 Å². The summed E-state index contributed by atoms with van der Waals surface area (Å²) in [5, 5.41) is 11.3. The molecule has 0 unspecified atom stereocenters. The Hall–Kier alpha value is -4.18. The van der Waals surface area contributed by atoms with Crippen LogP contribution >= 0.6 is 15.9 Å². The topological polar surface area (TPSA) is 118 Å². The molecule has 0 bridgehead atoms. The molecule has 0 spiro atoms. The zero-order chi connectivity index (χ0) is 24.4. The molecule has 0 saturated carbocycles. The molecular formula is C24H16BrNO8. The standard InChI is InChI=1S/C24H16BrNO8/c1-31-19-12-14(11-17(25)22(19)32-2)21-23(20(27)16-8-3-4-9-18(16)33-21)34-24(28)13-6-5-7-15(10-13)26(29)30/h3-12H,1-2H3. The molecule has 0 aliphatic rings. The van der Waals surface area contributed by atoms with Gasteiger partial charge < -0.3 is 18.6 Å². The van der Waals surface area contributed by atoms with E-state index in [0.717, 1.165) is 6.07 Å². The number of methoxy groups -OCH3 is 2. The van der Waals surface area contributed by atoms with Gasteiger partial charge in [0.1, 0.15) is 5.58 Å². The van der Waals surface area contributed by atoms with Crippen molar-refractivity contribution >= 4 is 38.6 Å². The van der Waals surface area contributed by atoms with Crippen LogP contribution in [-0.4, -0.2) is 25.1 Å². The molecule has 0 amide bonds. The predicted octanol–water partition coefficient (Wildman–Crippen LogP) is 5.37. The third-order valence-corrected chi connectivity index (χ3v) is 5.53. The van der Waals surface area contributed by atoms with Gasteiger partial charge in [-0.15, -0.1) is 0 Å². The fourth-order valence-electron chi connectivity index (χ4n) is 3.35. The number of benzene rings is 3. The molecule has 0 aliphatic heterocycles. The smallest absolute Gasteiger partial charge is 0.344 e. The number of hydrogen-bond donors (Lipinski definition) is 0. The Labute approximate surface area is 200 Å². The van der Waals surface area contributed by atoms with Gasteiger partial charge >= 0.3 is 5.97 Å². The van der Waals surface area contributed by atoms with E-state index >= 15 is 0 Å². The number of fused-ring (bicyclic) bond motifs is 1. The zero-order valence-corrected chi connectivity index (χ0v) is 19.5. The Morgan fingerprint density at radius 3 is 2.47 bits per heavy atom. The molecule has 9 nitrogen and oxygen atoms in total. The van der Waals surface area contributed by atoms with E-state index in [9.17, 15) is 19.7 Å². The highest BCUT2D eigenvalue weighted by Gasteiger charge is 2.24. The lowest BCUT2D eigenvalue weighted by molar-refractivity contribution is -0.384. The number of para-hydroxylation sites is 1. The maximum atomic E-state index is 13.3. The summed E-state index contributed by atoms with van der Waals surface area (Å²) in [6.45, 7) is 0. The second-order valence-electron chi connectivity index (χ2n) is 6.98. The van der Waals surface area contributed by atoms with E-state index in [0.29, 0.717) is 21.5 Å². The summed E-state index contributed by atoms with van der Waals surface area (Å²) in [6, 6.07) is 14.7. The Morgan fingerprint density at radius 2 is 1.76 bits per heavy atom. The minimum absolute atomic E-state index is 0.0240. The van der Waals surface area contributed by atoms with E-state index in [1.54, 1.807) is 36.4 Å². The number of hydrogen-bond acceptors (Lipinski definition) is 8. The summed E-state index contributed by atoms with van der Waals surface area (Å²) >= 11 is 3.40. The van der Waals surface area contributed by atoms with E-state index in [4.69, 9.17) is 18.6 Å². The van der Waals surface area contributed by atoms with Crippen molar-refractivity contribution in [3.63, 3.8) is 0 Å². The summed E-state index contributed by atoms with van der Waals surface area (Å²) in [5.74, 6) is -0.575. The fourth-order valence-corrected chi connectivity index (χ4v) is 3.96. The monoisotopic (exact) mass is 525 g/mol. The Bertz CT molecular complexity index is 1490. The third kappa shape index (κ3) is 4.23. The van der Waals surface area contributed by atoms with Crippen LogP contribution in [0.3, 0.4) is 0 Å². The van der Waals surface area contributed by atoms with Gasteiger partial charge in [0, 0.05) is 17.7 Å². The van der Waals surface area contributed by atoms with Gasteiger partial charge in [-0.3, -0.25) is 14.9 Å². The maximum Gasteiger partial charge on any atom is 0.344 e. The van der Waals surface area contributed by atoms with Gasteiger partial charge in [0.05, 0.1) is 34.6 Å². The highest BCUT2D eigenvalue weighted by molar-refractivity contribution is 9.10. The molecule has 0 aliphatic carbocycles. The first kappa shape index (κ1) is 23.0. The van der Waals surface area contributed by atoms with Gasteiger partial charge in [0.15, 0.2) is 17.3 Å². The molecule has 0 N–H and O–H groups in total. The van der Waals surface area contributed by atoms with Gasteiger partial charge in [0.2, 0.25) is 11.2 Å². The third-order valence-electron chi connectivity index (χ3n) is 4.94. The lowest BCUT2D eigenvalue weighted by Gasteiger charge is -2.14. The van der Waals surface area contributed by atoms with Gasteiger partial charge in [-0.05, 0) is 46.3 Å². The number of nitrogens with zero attached hydrogens (tertiary/aromatic N) is 1. The first-order valence-electron chi connectivity index (χ1n) is 9.78. The lowest BCUT2D eigenvalue weighted by atomic mass is 10.1. The minimum atomic E-state index is -0.952. The first-order valence-corrected chi connectivity index (χ1v) is 10.6. The predicted molar refractivity (Wildman–Crippen MR) is 127 cm³/mol. The molecule has 4 rings (SSSR count).